The van der Waals surface area contributed by atoms with Crippen molar-refractivity contribution in [2.24, 2.45) is 5.16 Å². The Morgan fingerprint density at radius 2 is 1.56 bits per heavy atom. The summed E-state index contributed by atoms with van der Waals surface area (Å²) in [6, 6.07) is 13.8. The van der Waals surface area contributed by atoms with Crippen LogP contribution in [0, 0.1) is 13.8 Å². The molecule has 1 heterocycles. The van der Waals surface area contributed by atoms with E-state index in [-0.39, 0.29) is 16.8 Å². The second-order valence-electron chi connectivity index (χ2n) is 9.29. The molecule has 1 aliphatic rings. The minimum atomic E-state index is -4.79. The molecule has 1 atom stereocenters. The smallest absolute Gasteiger partial charge is 0.374 e. The molecule has 1 aliphatic heterocycles. The van der Waals surface area contributed by atoms with Gasteiger partial charge in [-0.05, 0) is 30.7 Å². The molecule has 2 N–H and O–H groups in total. The van der Waals surface area contributed by atoms with Crippen molar-refractivity contribution in [3.8, 4) is 0 Å². The van der Waals surface area contributed by atoms with E-state index in [2.05, 4.69) is 10.5 Å². The van der Waals surface area contributed by atoms with Crippen LogP contribution in [-0.4, -0.2) is 43.0 Å². The maximum atomic E-state index is 14.5. The summed E-state index contributed by atoms with van der Waals surface area (Å²) in [4.78, 5) is 29.6. The van der Waals surface area contributed by atoms with Gasteiger partial charge in [0.1, 0.15) is 6.54 Å². The Hall–Kier alpha value is -4.09. The first-order chi connectivity index (χ1) is 18.2. The minimum Gasteiger partial charge on any atom is -0.374 e. The third kappa shape index (κ3) is 5.84. The Labute approximate surface area is 219 Å². The molecule has 206 valence electrons. The van der Waals surface area contributed by atoms with Gasteiger partial charge in [0, 0.05) is 23.1 Å². The summed E-state index contributed by atoms with van der Waals surface area (Å²) < 4.78 is 80.2. The van der Waals surface area contributed by atoms with E-state index >= 15 is 0 Å². The van der Waals surface area contributed by atoms with Crippen LogP contribution in [0.25, 0.3) is 10.8 Å². The third-order valence-corrected chi connectivity index (χ3v) is 6.25. The zero-order valence-electron chi connectivity index (χ0n) is 20.8. The number of oxime groups is 1. The van der Waals surface area contributed by atoms with Crippen LogP contribution in [0.3, 0.4) is 0 Å². The maximum absolute atomic E-state index is 14.5. The third-order valence-electron chi connectivity index (χ3n) is 6.25. The predicted octanol–water partition coefficient (Wildman–Crippen LogP) is 5.45. The zero-order valence-corrected chi connectivity index (χ0v) is 20.8. The minimum absolute atomic E-state index is 0.0289. The number of nitrogens with one attached hydrogen (secondary N) is 2. The van der Waals surface area contributed by atoms with Crippen LogP contribution in [0.1, 0.15) is 39.0 Å². The van der Waals surface area contributed by atoms with Gasteiger partial charge in [0.05, 0.1) is 12.3 Å². The normalized spacial score (nSPS) is 17.5. The molecular formula is C27H23F6N3O3. The lowest BCUT2D eigenvalue weighted by Gasteiger charge is -2.30. The highest BCUT2D eigenvalue weighted by Crippen LogP contribution is 2.49. The van der Waals surface area contributed by atoms with Crippen molar-refractivity contribution in [2.45, 2.75) is 38.2 Å². The quantitative estimate of drug-likeness (QED) is 0.400. The lowest BCUT2D eigenvalue weighted by Crippen LogP contribution is -2.42. The number of fused-ring (bicyclic) bond motifs is 1. The van der Waals surface area contributed by atoms with Gasteiger partial charge in [0.25, 0.3) is 11.5 Å². The molecule has 2 amide bonds. The van der Waals surface area contributed by atoms with E-state index in [1.54, 1.807) is 49.5 Å². The summed E-state index contributed by atoms with van der Waals surface area (Å²) in [6.07, 6.45) is -9.99. The number of rotatable bonds is 6. The molecule has 1 unspecified atom stereocenters. The van der Waals surface area contributed by atoms with Crippen LogP contribution in [0.5, 0.6) is 0 Å². The second-order valence-corrected chi connectivity index (χ2v) is 9.29. The molecule has 4 rings (SSSR count). The largest absolute Gasteiger partial charge is 0.435 e. The fourth-order valence-electron chi connectivity index (χ4n) is 4.52. The number of alkyl halides is 6. The van der Waals surface area contributed by atoms with Gasteiger partial charge in [0.15, 0.2) is 0 Å². The maximum Gasteiger partial charge on any atom is 0.435 e. The van der Waals surface area contributed by atoms with E-state index in [4.69, 9.17) is 4.84 Å². The summed E-state index contributed by atoms with van der Waals surface area (Å²) in [5.74, 6) is -1.78. The van der Waals surface area contributed by atoms with E-state index in [0.29, 0.717) is 27.5 Å². The number of carbonyl (C=O) groups excluding carboxylic acids is 2. The topological polar surface area (TPSA) is 79.8 Å². The monoisotopic (exact) mass is 551 g/mol. The predicted molar refractivity (Wildman–Crippen MR) is 131 cm³/mol. The number of benzene rings is 3. The summed E-state index contributed by atoms with van der Waals surface area (Å²) >= 11 is 0. The Balaban J connectivity index is 1.62. The highest BCUT2D eigenvalue weighted by molar-refractivity contribution is 6.16. The molecule has 0 bridgehead atoms. The van der Waals surface area contributed by atoms with Gasteiger partial charge in [-0.1, -0.05) is 64.8 Å². The molecule has 3 aromatic carbocycles. The molecule has 0 aromatic heterocycles. The molecule has 0 saturated carbocycles. The first-order valence-electron chi connectivity index (χ1n) is 11.7. The lowest BCUT2D eigenvalue weighted by molar-refractivity contribution is -0.275. The molecule has 0 fully saturated rings. The Kier molecular flexibility index (Phi) is 7.33. The number of carbonyl (C=O) groups is 2. The average molecular weight is 551 g/mol. The van der Waals surface area contributed by atoms with Crippen molar-refractivity contribution in [3.05, 3.63) is 82.4 Å². The number of hydrogen-bond donors (Lipinski definition) is 2. The van der Waals surface area contributed by atoms with Crippen molar-refractivity contribution >= 4 is 28.3 Å². The second kappa shape index (κ2) is 10.2. The summed E-state index contributed by atoms with van der Waals surface area (Å²) in [5.41, 5.74) is -1.07. The Morgan fingerprint density at radius 1 is 0.923 bits per heavy atom. The van der Waals surface area contributed by atoms with Crippen molar-refractivity contribution in [2.75, 3.05) is 13.1 Å². The van der Waals surface area contributed by atoms with Crippen molar-refractivity contribution in [1.29, 1.82) is 0 Å². The highest BCUT2D eigenvalue weighted by Gasteiger charge is 2.62. The van der Waals surface area contributed by atoms with E-state index in [1.165, 1.54) is 24.3 Å². The molecular weight excluding hydrogens is 528 g/mol. The fourth-order valence-corrected chi connectivity index (χ4v) is 4.52. The molecule has 3 aromatic rings. The molecule has 39 heavy (non-hydrogen) atoms. The molecule has 12 heteroatoms. The van der Waals surface area contributed by atoms with Crippen LogP contribution in [0.15, 0.2) is 59.8 Å². The van der Waals surface area contributed by atoms with Gasteiger partial charge in [-0.3, -0.25) is 9.59 Å². The SMILES string of the molecule is Cc1cc(C)cc(C2(C(F)(F)F)CC(c3ccc(C(=O)NCC(=O)NCC(F)(F)F)c4ccccc34)=NO2)c1. The van der Waals surface area contributed by atoms with Gasteiger partial charge < -0.3 is 15.5 Å². The lowest BCUT2D eigenvalue weighted by atomic mass is 9.84. The van der Waals surface area contributed by atoms with Crippen LogP contribution >= 0.6 is 0 Å². The molecule has 0 aliphatic carbocycles. The summed E-state index contributed by atoms with van der Waals surface area (Å²) in [7, 11) is 0. The van der Waals surface area contributed by atoms with Crippen LogP contribution in [-0.2, 0) is 15.2 Å². The summed E-state index contributed by atoms with van der Waals surface area (Å²) in [6.45, 7) is 1.14. The first kappa shape index (κ1) is 27.9. The number of aryl methyl sites for hydroxylation is 2. The van der Waals surface area contributed by atoms with Crippen LogP contribution < -0.4 is 10.6 Å². The van der Waals surface area contributed by atoms with E-state index in [9.17, 15) is 35.9 Å². The van der Waals surface area contributed by atoms with E-state index in [1.807, 2.05) is 0 Å². The Bertz CT molecular complexity index is 1450. The van der Waals surface area contributed by atoms with Crippen LogP contribution in [0.2, 0.25) is 0 Å². The summed E-state index contributed by atoms with van der Waals surface area (Å²) in [5, 5.41) is 8.51. The van der Waals surface area contributed by atoms with Gasteiger partial charge >= 0.3 is 12.4 Å². The standard InChI is InChI=1S/C27H23F6N3O3/c1-15-9-16(2)11-17(10-15)25(27(31,32)33)12-22(36-39-25)20-7-8-21(19-6-4-3-5-18(19)20)24(38)34-13-23(37)35-14-26(28,29)30/h3-11H,12-14H2,1-2H3,(H,34,38)(H,35,37). The molecule has 0 saturated heterocycles. The molecule has 6 nitrogen and oxygen atoms in total. The molecule has 0 radical (unpaired) electrons. The van der Waals surface area contributed by atoms with Gasteiger partial charge in [-0.2, -0.15) is 26.3 Å². The number of amides is 2. The average Bonchev–Trinajstić information content (AvgIpc) is 3.31. The van der Waals surface area contributed by atoms with Gasteiger partial charge in [-0.15, -0.1) is 0 Å². The van der Waals surface area contributed by atoms with Crippen molar-refractivity contribution in [1.82, 2.24) is 10.6 Å². The Morgan fingerprint density at radius 3 is 2.18 bits per heavy atom. The van der Waals surface area contributed by atoms with Crippen LogP contribution in [0.4, 0.5) is 26.3 Å². The first-order valence-corrected chi connectivity index (χ1v) is 11.7. The van der Waals surface area contributed by atoms with Crippen molar-refractivity contribution in [3.63, 3.8) is 0 Å². The van der Waals surface area contributed by atoms with E-state index < -0.39 is 49.3 Å². The van der Waals surface area contributed by atoms with Gasteiger partial charge in [-0.25, -0.2) is 0 Å². The highest BCUT2D eigenvalue weighted by atomic mass is 19.4. The van der Waals surface area contributed by atoms with Crippen molar-refractivity contribution < 1.29 is 40.8 Å². The van der Waals surface area contributed by atoms with Gasteiger partial charge in [0.2, 0.25) is 5.91 Å². The number of hydrogen-bond acceptors (Lipinski definition) is 4. The number of halogens is 6. The zero-order chi connectivity index (χ0) is 28.6. The fraction of sp³-hybridized carbons (Fsp3) is 0.296. The number of nitrogens with zero attached hydrogens (tertiary/aromatic N) is 1. The molecule has 0 spiro atoms. The van der Waals surface area contributed by atoms with E-state index in [0.717, 1.165) is 0 Å².